The molecule has 0 heterocycles. The predicted molar refractivity (Wildman–Crippen MR) is 86.4 cm³/mol. The van der Waals surface area contributed by atoms with Gasteiger partial charge in [0.15, 0.2) is 5.78 Å². The van der Waals surface area contributed by atoms with E-state index in [0.29, 0.717) is 11.8 Å². The van der Waals surface area contributed by atoms with Gasteiger partial charge in [-0.1, -0.05) is 58.9 Å². The minimum Gasteiger partial charge on any atom is -0.316 e. The Morgan fingerprint density at radius 3 is 2.15 bits per heavy atom. The van der Waals surface area contributed by atoms with Crippen LogP contribution in [0.4, 0.5) is 0 Å². The summed E-state index contributed by atoms with van der Waals surface area (Å²) in [4.78, 5) is 11.9. The summed E-state index contributed by atoms with van der Waals surface area (Å²) in [5, 5.41) is 3.48. The molecule has 2 heteroatoms. The lowest BCUT2D eigenvalue weighted by molar-refractivity contribution is 0.0939. The lowest BCUT2D eigenvalue weighted by atomic mass is 9.94. The Balaban J connectivity index is 2.49. The van der Waals surface area contributed by atoms with Crippen LogP contribution in [0.25, 0.3) is 0 Å². The van der Waals surface area contributed by atoms with Gasteiger partial charge in [0.25, 0.3) is 0 Å². The van der Waals surface area contributed by atoms with E-state index in [-0.39, 0.29) is 11.7 Å². The van der Waals surface area contributed by atoms with Crippen LogP contribution in [0.1, 0.15) is 62.9 Å². The average molecular weight is 275 g/mol. The highest BCUT2D eigenvalue weighted by molar-refractivity contribution is 5.97. The Hall–Kier alpha value is -1.15. The first-order valence-electron chi connectivity index (χ1n) is 7.76. The predicted octanol–water partition coefficient (Wildman–Crippen LogP) is 4.26. The van der Waals surface area contributed by atoms with E-state index in [1.54, 1.807) is 0 Å². The molecule has 0 spiro atoms. The molecule has 0 saturated carbocycles. The first-order valence-corrected chi connectivity index (χ1v) is 7.76. The van der Waals surface area contributed by atoms with Gasteiger partial charge in [0.2, 0.25) is 0 Å². The van der Waals surface area contributed by atoms with Crippen LogP contribution in [0.15, 0.2) is 24.3 Å². The number of Topliss-reactive ketones (excluding diaryl/α,β-unsaturated/α-hetero) is 1. The molecule has 0 radical (unpaired) electrons. The van der Waals surface area contributed by atoms with Gasteiger partial charge in [-0.05, 0) is 36.9 Å². The third-order valence-corrected chi connectivity index (χ3v) is 3.60. The lowest BCUT2D eigenvalue weighted by Gasteiger charge is -2.14. The van der Waals surface area contributed by atoms with Gasteiger partial charge in [-0.2, -0.15) is 0 Å². The molecule has 20 heavy (non-hydrogen) atoms. The SMILES string of the molecule is CC(C)CNCCC(C)c1ccc(C(=O)C(C)C)cc1. The van der Waals surface area contributed by atoms with E-state index in [1.807, 2.05) is 26.0 Å². The van der Waals surface area contributed by atoms with Crippen LogP contribution in [0.2, 0.25) is 0 Å². The van der Waals surface area contributed by atoms with Crippen LogP contribution in [-0.2, 0) is 0 Å². The van der Waals surface area contributed by atoms with Gasteiger partial charge in [-0.3, -0.25) is 4.79 Å². The van der Waals surface area contributed by atoms with Crippen molar-refractivity contribution < 1.29 is 4.79 Å². The van der Waals surface area contributed by atoms with Crippen molar-refractivity contribution in [2.45, 2.75) is 47.0 Å². The Bertz CT molecular complexity index is 406. The number of nitrogens with one attached hydrogen (secondary N) is 1. The second-order valence-electron chi connectivity index (χ2n) is 6.43. The number of benzene rings is 1. The third-order valence-electron chi connectivity index (χ3n) is 3.60. The molecule has 1 N–H and O–H groups in total. The molecule has 0 amide bonds. The van der Waals surface area contributed by atoms with Crippen molar-refractivity contribution in [3.8, 4) is 0 Å². The summed E-state index contributed by atoms with van der Waals surface area (Å²) < 4.78 is 0. The molecule has 1 aromatic rings. The van der Waals surface area contributed by atoms with E-state index < -0.39 is 0 Å². The standard InChI is InChI=1S/C18H29NO/c1-13(2)12-19-11-10-15(5)16-6-8-17(9-7-16)18(20)14(3)4/h6-9,13-15,19H,10-12H2,1-5H3. The fraction of sp³-hybridized carbons (Fsp3) is 0.611. The molecule has 2 nitrogen and oxygen atoms in total. The van der Waals surface area contributed by atoms with Gasteiger partial charge >= 0.3 is 0 Å². The van der Waals surface area contributed by atoms with E-state index in [2.05, 4.69) is 38.2 Å². The smallest absolute Gasteiger partial charge is 0.165 e. The lowest BCUT2D eigenvalue weighted by Crippen LogP contribution is -2.21. The summed E-state index contributed by atoms with van der Waals surface area (Å²) in [5.41, 5.74) is 2.14. The van der Waals surface area contributed by atoms with E-state index in [4.69, 9.17) is 0 Å². The molecule has 0 aromatic heterocycles. The zero-order valence-electron chi connectivity index (χ0n) is 13.6. The van der Waals surface area contributed by atoms with Crippen LogP contribution in [0.3, 0.4) is 0 Å². The zero-order valence-corrected chi connectivity index (χ0v) is 13.6. The number of hydrogen-bond donors (Lipinski definition) is 1. The highest BCUT2D eigenvalue weighted by Gasteiger charge is 2.11. The highest BCUT2D eigenvalue weighted by atomic mass is 16.1. The van der Waals surface area contributed by atoms with Crippen molar-refractivity contribution in [1.29, 1.82) is 0 Å². The molecule has 0 aliphatic heterocycles. The third kappa shape index (κ3) is 5.46. The molecule has 1 rings (SSSR count). The van der Waals surface area contributed by atoms with Gasteiger partial charge in [0, 0.05) is 11.5 Å². The van der Waals surface area contributed by atoms with Gasteiger partial charge in [0.05, 0.1) is 0 Å². The molecule has 1 aromatic carbocycles. The van der Waals surface area contributed by atoms with E-state index in [0.717, 1.165) is 25.1 Å². The number of rotatable bonds is 8. The first-order chi connectivity index (χ1) is 9.41. The largest absolute Gasteiger partial charge is 0.316 e. The zero-order chi connectivity index (χ0) is 15.1. The molecule has 0 saturated heterocycles. The van der Waals surface area contributed by atoms with Crippen molar-refractivity contribution in [3.05, 3.63) is 35.4 Å². The average Bonchev–Trinajstić information content (AvgIpc) is 2.42. The maximum atomic E-state index is 11.9. The maximum absolute atomic E-state index is 11.9. The summed E-state index contributed by atoms with van der Waals surface area (Å²) in [6, 6.07) is 8.14. The van der Waals surface area contributed by atoms with Crippen LogP contribution >= 0.6 is 0 Å². The molecule has 0 aliphatic rings. The molecule has 0 aliphatic carbocycles. The minimum atomic E-state index is 0.0681. The summed E-state index contributed by atoms with van der Waals surface area (Å²) >= 11 is 0. The van der Waals surface area contributed by atoms with Gasteiger partial charge < -0.3 is 5.32 Å². The summed E-state index contributed by atoms with van der Waals surface area (Å²) in [6.07, 6.45) is 1.13. The van der Waals surface area contributed by atoms with Gasteiger partial charge in [0.1, 0.15) is 0 Å². The van der Waals surface area contributed by atoms with Crippen LogP contribution in [0, 0.1) is 11.8 Å². The molecular formula is C18H29NO. The van der Waals surface area contributed by atoms with Crippen LogP contribution < -0.4 is 5.32 Å². The number of hydrogen-bond acceptors (Lipinski definition) is 2. The summed E-state index contributed by atoms with van der Waals surface area (Å²) in [5.74, 6) is 1.52. The fourth-order valence-corrected chi connectivity index (χ4v) is 2.19. The molecule has 0 fully saturated rings. The normalized spacial score (nSPS) is 12.9. The van der Waals surface area contributed by atoms with Crippen molar-refractivity contribution in [2.75, 3.05) is 13.1 Å². The van der Waals surface area contributed by atoms with E-state index in [1.165, 1.54) is 5.56 Å². The number of ketones is 1. The number of carbonyl (C=O) groups is 1. The Morgan fingerprint density at radius 1 is 1.05 bits per heavy atom. The monoisotopic (exact) mass is 275 g/mol. The highest BCUT2D eigenvalue weighted by Crippen LogP contribution is 2.20. The summed E-state index contributed by atoms with van der Waals surface area (Å²) in [6.45, 7) is 12.7. The second-order valence-corrected chi connectivity index (χ2v) is 6.43. The van der Waals surface area contributed by atoms with Crippen molar-refractivity contribution in [3.63, 3.8) is 0 Å². The minimum absolute atomic E-state index is 0.0681. The van der Waals surface area contributed by atoms with Gasteiger partial charge in [-0.15, -0.1) is 0 Å². The Morgan fingerprint density at radius 2 is 1.65 bits per heavy atom. The number of carbonyl (C=O) groups excluding carboxylic acids is 1. The molecule has 1 unspecified atom stereocenters. The second kappa shape index (κ2) is 8.21. The molecule has 112 valence electrons. The quantitative estimate of drug-likeness (QED) is 0.567. The van der Waals surface area contributed by atoms with Crippen LogP contribution in [-0.4, -0.2) is 18.9 Å². The van der Waals surface area contributed by atoms with E-state index in [9.17, 15) is 4.79 Å². The summed E-state index contributed by atoms with van der Waals surface area (Å²) in [7, 11) is 0. The Kier molecular flexibility index (Phi) is 6.94. The molecule has 0 bridgehead atoms. The Labute approximate surface area is 124 Å². The molecular weight excluding hydrogens is 246 g/mol. The topological polar surface area (TPSA) is 29.1 Å². The van der Waals surface area contributed by atoms with Crippen molar-refractivity contribution in [1.82, 2.24) is 5.32 Å². The first kappa shape index (κ1) is 16.9. The van der Waals surface area contributed by atoms with E-state index >= 15 is 0 Å². The fourth-order valence-electron chi connectivity index (χ4n) is 2.19. The maximum Gasteiger partial charge on any atom is 0.165 e. The molecule has 1 atom stereocenters. The van der Waals surface area contributed by atoms with Gasteiger partial charge in [-0.25, -0.2) is 0 Å². The van der Waals surface area contributed by atoms with Crippen molar-refractivity contribution >= 4 is 5.78 Å². The van der Waals surface area contributed by atoms with Crippen LogP contribution in [0.5, 0.6) is 0 Å². The van der Waals surface area contributed by atoms with Crippen molar-refractivity contribution in [2.24, 2.45) is 11.8 Å².